The van der Waals surface area contributed by atoms with Gasteiger partial charge in [-0.15, -0.1) is 0 Å². The van der Waals surface area contributed by atoms with E-state index in [1.165, 1.54) is 13.2 Å². The standard InChI is InChI=1S/C15H14BrClFNO/c1-9(15-12(18)4-3-5-14(15)20-2)19-13-8-10(16)6-7-11(13)17/h3-9,19H,1-2H3. The Kier molecular flexibility index (Phi) is 4.89. The Morgan fingerprint density at radius 1 is 1.30 bits per heavy atom. The van der Waals surface area contributed by atoms with Crippen molar-refractivity contribution < 1.29 is 9.13 Å². The molecule has 0 bridgehead atoms. The van der Waals surface area contributed by atoms with Gasteiger partial charge in [-0.1, -0.05) is 33.6 Å². The molecule has 1 atom stereocenters. The number of hydrogen-bond acceptors (Lipinski definition) is 2. The first kappa shape index (κ1) is 15.1. The van der Waals surface area contributed by atoms with Crippen molar-refractivity contribution >= 4 is 33.2 Å². The fourth-order valence-electron chi connectivity index (χ4n) is 2.03. The van der Waals surface area contributed by atoms with Gasteiger partial charge in [-0.3, -0.25) is 0 Å². The zero-order valence-electron chi connectivity index (χ0n) is 11.1. The molecule has 0 heterocycles. The smallest absolute Gasteiger partial charge is 0.132 e. The molecule has 0 amide bonds. The van der Waals surface area contributed by atoms with Gasteiger partial charge in [-0.2, -0.15) is 0 Å². The normalized spacial score (nSPS) is 12.1. The Bertz CT molecular complexity index is 621. The first-order chi connectivity index (χ1) is 9.52. The van der Waals surface area contributed by atoms with Gasteiger partial charge in [0.05, 0.1) is 29.4 Å². The van der Waals surface area contributed by atoms with Gasteiger partial charge >= 0.3 is 0 Å². The van der Waals surface area contributed by atoms with Crippen molar-refractivity contribution in [3.8, 4) is 5.75 Å². The molecular weight excluding hydrogens is 345 g/mol. The van der Waals surface area contributed by atoms with E-state index in [0.29, 0.717) is 16.3 Å². The number of rotatable bonds is 4. The third-order valence-corrected chi connectivity index (χ3v) is 3.79. The Morgan fingerprint density at radius 2 is 2.05 bits per heavy atom. The van der Waals surface area contributed by atoms with E-state index in [0.717, 1.165) is 10.2 Å². The lowest BCUT2D eigenvalue weighted by molar-refractivity contribution is 0.402. The summed E-state index contributed by atoms with van der Waals surface area (Å²) in [6, 6.07) is 9.97. The van der Waals surface area contributed by atoms with E-state index in [1.807, 2.05) is 19.1 Å². The maximum Gasteiger partial charge on any atom is 0.132 e. The predicted octanol–water partition coefficient (Wildman–Crippen LogP) is 5.42. The summed E-state index contributed by atoms with van der Waals surface area (Å²) in [7, 11) is 1.52. The zero-order chi connectivity index (χ0) is 14.7. The summed E-state index contributed by atoms with van der Waals surface area (Å²) < 4.78 is 20.1. The highest BCUT2D eigenvalue weighted by Gasteiger charge is 2.17. The summed E-state index contributed by atoms with van der Waals surface area (Å²) >= 11 is 9.52. The number of hydrogen-bond donors (Lipinski definition) is 1. The SMILES string of the molecule is COc1cccc(F)c1C(C)Nc1cc(Br)ccc1Cl. The highest BCUT2D eigenvalue weighted by atomic mass is 79.9. The molecule has 0 aromatic heterocycles. The maximum atomic E-state index is 14.0. The maximum absolute atomic E-state index is 14.0. The first-order valence-corrected chi connectivity index (χ1v) is 7.24. The molecule has 0 fully saturated rings. The van der Waals surface area contributed by atoms with Crippen LogP contribution < -0.4 is 10.1 Å². The highest BCUT2D eigenvalue weighted by molar-refractivity contribution is 9.10. The van der Waals surface area contributed by atoms with Gasteiger partial charge < -0.3 is 10.1 Å². The van der Waals surface area contributed by atoms with Gasteiger partial charge in [0, 0.05) is 4.47 Å². The largest absolute Gasteiger partial charge is 0.496 e. The first-order valence-electron chi connectivity index (χ1n) is 6.07. The quantitative estimate of drug-likeness (QED) is 0.787. The van der Waals surface area contributed by atoms with Gasteiger partial charge in [0.15, 0.2) is 0 Å². The summed E-state index contributed by atoms with van der Waals surface area (Å²) in [5, 5.41) is 3.78. The molecule has 20 heavy (non-hydrogen) atoms. The van der Waals surface area contributed by atoms with Crippen molar-refractivity contribution in [3.05, 3.63) is 57.3 Å². The molecule has 0 aliphatic rings. The van der Waals surface area contributed by atoms with Crippen LogP contribution in [0.2, 0.25) is 5.02 Å². The van der Waals surface area contributed by atoms with Crippen LogP contribution in [0.4, 0.5) is 10.1 Å². The van der Waals surface area contributed by atoms with Crippen LogP contribution in [-0.4, -0.2) is 7.11 Å². The van der Waals surface area contributed by atoms with E-state index in [9.17, 15) is 4.39 Å². The molecule has 0 aliphatic carbocycles. The molecule has 0 saturated heterocycles. The second-order valence-corrected chi connectivity index (χ2v) is 5.67. The summed E-state index contributed by atoms with van der Waals surface area (Å²) in [4.78, 5) is 0. The van der Waals surface area contributed by atoms with Gasteiger partial charge in [0.1, 0.15) is 11.6 Å². The van der Waals surface area contributed by atoms with Crippen LogP contribution >= 0.6 is 27.5 Å². The Labute approximate surface area is 131 Å². The van der Waals surface area contributed by atoms with Crippen molar-refractivity contribution in [2.75, 3.05) is 12.4 Å². The third-order valence-electron chi connectivity index (χ3n) is 2.97. The molecule has 0 spiro atoms. The van der Waals surface area contributed by atoms with Crippen molar-refractivity contribution in [1.82, 2.24) is 0 Å². The zero-order valence-corrected chi connectivity index (χ0v) is 13.4. The van der Waals surface area contributed by atoms with E-state index in [4.69, 9.17) is 16.3 Å². The Morgan fingerprint density at radius 3 is 2.75 bits per heavy atom. The van der Waals surface area contributed by atoms with E-state index in [-0.39, 0.29) is 11.9 Å². The minimum atomic E-state index is -0.310. The summed E-state index contributed by atoms with van der Waals surface area (Å²) in [6.45, 7) is 1.86. The molecule has 106 valence electrons. The molecule has 0 radical (unpaired) electrons. The minimum absolute atomic E-state index is 0.280. The number of methoxy groups -OCH3 is 1. The highest BCUT2D eigenvalue weighted by Crippen LogP contribution is 2.33. The monoisotopic (exact) mass is 357 g/mol. The van der Waals surface area contributed by atoms with E-state index < -0.39 is 0 Å². The number of ether oxygens (including phenoxy) is 1. The summed E-state index contributed by atoms with van der Waals surface area (Å²) in [6.07, 6.45) is 0. The Hall–Kier alpha value is -1.26. The molecule has 1 unspecified atom stereocenters. The van der Waals surface area contributed by atoms with Crippen LogP contribution in [0.25, 0.3) is 0 Å². The molecule has 0 aliphatic heterocycles. The molecular formula is C15H14BrClFNO. The number of benzene rings is 2. The topological polar surface area (TPSA) is 21.3 Å². The van der Waals surface area contributed by atoms with E-state index in [1.54, 1.807) is 18.2 Å². The molecule has 2 nitrogen and oxygen atoms in total. The van der Waals surface area contributed by atoms with Crippen molar-refractivity contribution in [2.24, 2.45) is 0 Å². The lowest BCUT2D eigenvalue weighted by Crippen LogP contribution is -2.10. The molecule has 5 heteroatoms. The minimum Gasteiger partial charge on any atom is -0.496 e. The van der Waals surface area contributed by atoms with Crippen LogP contribution in [-0.2, 0) is 0 Å². The predicted molar refractivity (Wildman–Crippen MR) is 84.1 cm³/mol. The van der Waals surface area contributed by atoms with Crippen molar-refractivity contribution in [1.29, 1.82) is 0 Å². The number of nitrogens with one attached hydrogen (secondary N) is 1. The van der Waals surface area contributed by atoms with Gasteiger partial charge in [-0.25, -0.2) is 4.39 Å². The fraction of sp³-hybridized carbons (Fsp3) is 0.200. The van der Waals surface area contributed by atoms with Crippen LogP contribution in [0.3, 0.4) is 0 Å². The summed E-state index contributed by atoms with van der Waals surface area (Å²) in [5.74, 6) is 0.201. The van der Waals surface area contributed by atoms with Gasteiger partial charge in [0.2, 0.25) is 0 Å². The van der Waals surface area contributed by atoms with E-state index >= 15 is 0 Å². The number of halogens is 3. The Balaban J connectivity index is 2.33. The summed E-state index contributed by atoms with van der Waals surface area (Å²) in [5.41, 5.74) is 1.21. The second-order valence-electron chi connectivity index (χ2n) is 4.35. The van der Waals surface area contributed by atoms with Gasteiger partial charge in [0.25, 0.3) is 0 Å². The fourth-order valence-corrected chi connectivity index (χ4v) is 2.56. The average molecular weight is 359 g/mol. The molecule has 1 N–H and O–H groups in total. The second kappa shape index (κ2) is 6.46. The number of anilines is 1. The lowest BCUT2D eigenvalue weighted by Gasteiger charge is -2.20. The van der Waals surface area contributed by atoms with Crippen LogP contribution in [0.15, 0.2) is 40.9 Å². The van der Waals surface area contributed by atoms with Gasteiger partial charge in [-0.05, 0) is 37.3 Å². The van der Waals surface area contributed by atoms with Crippen molar-refractivity contribution in [2.45, 2.75) is 13.0 Å². The van der Waals surface area contributed by atoms with Crippen LogP contribution in [0, 0.1) is 5.82 Å². The molecule has 2 rings (SSSR count). The third kappa shape index (κ3) is 3.25. The lowest BCUT2D eigenvalue weighted by atomic mass is 10.1. The van der Waals surface area contributed by atoms with Crippen LogP contribution in [0.1, 0.15) is 18.5 Å². The molecule has 2 aromatic rings. The molecule has 0 saturated carbocycles. The average Bonchev–Trinajstić information content (AvgIpc) is 2.42. The van der Waals surface area contributed by atoms with Crippen LogP contribution in [0.5, 0.6) is 5.75 Å². The van der Waals surface area contributed by atoms with Crippen molar-refractivity contribution in [3.63, 3.8) is 0 Å². The molecule has 2 aromatic carbocycles. The van der Waals surface area contributed by atoms with E-state index in [2.05, 4.69) is 21.2 Å².